The van der Waals surface area contributed by atoms with Crippen LogP contribution in [0.5, 0.6) is 5.88 Å². The van der Waals surface area contributed by atoms with Crippen LogP contribution < -0.4 is 10.1 Å². The van der Waals surface area contributed by atoms with E-state index in [0.717, 1.165) is 5.69 Å². The SMILES string of the molecule is COc1ccc(Nc2nc(CC(=O)O)cs2)cn1. The molecule has 6 nitrogen and oxygen atoms in total. The number of thiazole rings is 1. The lowest BCUT2D eigenvalue weighted by Crippen LogP contribution is -2.00. The number of hydrogen-bond acceptors (Lipinski definition) is 6. The number of hydrogen-bond donors (Lipinski definition) is 2. The van der Waals surface area contributed by atoms with E-state index in [1.54, 1.807) is 24.8 Å². The summed E-state index contributed by atoms with van der Waals surface area (Å²) in [5.41, 5.74) is 1.31. The van der Waals surface area contributed by atoms with Crippen molar-refractivity contribution in [3.8, 4) is 5.88 Å². The minimum Gasteiger partial charge on any atom is -0.481 e. The molecule has 0 aromatic carbocycles. The average molecular weight is 265 g/mol. The number of aliphatic carboxylic acids is 1. The molecule has 0 bridgehead atoms. The van der Waals surface area contributed by atoms with Crippen LogP contribution >= 0.6 is 11.3 Å². The van der Waals surface area contributed by atoms with Crippen LogP contribution in [0.4, 0.5) is 10.8 Å². The molecular weight excluding hydrogens is 254 g/mol. The van der Waals surface area contributed by atoms with Gasteiger partial charge in [-0.05, 0) is 6.07 Å². The minimum absolute atomic E-state index is 0.0704. The van der Waals surface area contributed by atoms with Gasteiger partial charge in [-0.25, -0.2) is 9.97 Å². The molecule has 2 aromatic heterocycles. The smallest absolute Gasteiger partial charge is 0.309 e. The molecule has 0 unspecified atom stereocenters. The lowest BCUT2D eigenvalue weighted by Gasteiger charge is -2.02. The molecular formula is C11H11N3O3S. The largest absolute Gasteiger partial charge is 0.481 e. The summed E-state index contributed by atoms with van der Waals surface area (Å²) < 4.78 is 4.95. The highest BCUT2D eigenvalue weighted by atomic mass is 32.1. The van der Waals surface area contributed by atoms with Gasteiger partial charge in [0.25, 0.3) is 0 Å². The number of carbonyl (C=O) groups is 1. The highest BCUT2D eigenvalue weighted by molar-refractivity contribution is 7.13. The lowest BCUT2D eigenvalue weighted by molar-refractivity contribution is -0.136. The molecule has 2 N–H and O–H groups in total. The van der Waals surface area contributed by atoms with Gasteiger partial charge in [-0.1, -0.05) is 0 Å². The second kappa shape index (κ2) is 5.46. The fourth-order valence-electron chi connectivity index (χ4n) is 1.30. The van der Waals surface area contributed by atoms with E-state index in [1.807, 2.05) is 6.07 Å². The van der Waals surface area contributed by atoms with E-state index >= 15 is 0 Å². The van der Waals surface area contributed by atoms with Crippen molar-refractivity contribution in [1.82, 2.24) is 9.97 Å². The fraction of sp³-hybridized carbons (Fsp3) is 0.182. The first-order valence-corrected chi connectivity index (χ1v) is 5.98. The van der Waals surface area contributed by atoms with Gasteiger partial charge in [0.15, 0.2) is 5.13 Å². The Balaban J connectivity index is 2.03. The summed E-state index contributed by atoms with van der Waals surface area (Å²) in [6.07, 6.45) is 1.55. The van der Waals surface area contributed by atoms with Crippen LogP contribution in [0, 0.1) is 0 Å². The van der Waals surface area contributed by atoms with Crippen LogP contribution in [0.25, 0.3) is 0 Å². The summed E-state index contributed by atoms with van der Waals surface area (Å²) >= 11 is 1.35. The molecule has 0 aliphatic carbocycles. The molecule has 0 spiro atoms. The number of ether oxygens (including phenoxy) is 1. The van der Waals surface area contributed by atoms with E-state index in [1.165, 1.54) is 11.3 Å². The van der Waals surface area contributed by atoms with Crippen molar-refractivity contribution >= 4 is 28.1 Å². The molecule has 18 heavy (non-hydrogen) atoms. The molecule has 2 heterocycles. The van der Waals surface area contributed by atoms with Crippen LogP contribution in [-0.4, -0.2) is 28.2 Å². The van der Waals surface area contributed by atoms with Gasteiger partial charge in [0.2, 0.25) is 5.88 Å². The van der Waals surface area contributed by atoms with Crippen molar-refractivity contribution in [3.63, 3.8) is 0 Å². The number of carboxylic acid groups (broad SMARTS) is 1. The molecule has 0 aliphatic heterocycles. The second-order valence-corrected chi connectivity index (χ2v) is 4.29. The lowest BCUT2D eigenvalue weighted by atomic mass is 10.3. The minimum atomic E-state index is -0.891. The van der Waals surface area contributed by atoms with Gasteiger partial charge in [-0.3, -0.25) is 4.79 Å². The molecule has 2 rings (SSSR count). The average Bonchev–Trinajstić information content (AvgIpc) is 2.76. The van der Waals surface area contributed by atoms with E-state index in [9.17, 15) is 4.79 Å². The number of nitrogens with one attached hydrogen (secondary N) is 1. The summed E-state index contributed by atoms with van der Waals surface area (Å²) in [6.45, 7) is 0. The fourth-order valence-corrected chi connectivity index (χ4v) is 2.03. The summed E-state index contributed by atoms with van der Waals surface area (Å²) in [5.74, 6) is -0.357. The molecule has 0 radical (unpaired) electrons. The van der Waals surface area contributed by atoms with Crippen LogP contribution in [-0.2, 0) is 11.2 Å². The maximum atomic E-state index is 10.5. The maximum absolute atomic E-state index is 10.5. The van der Waals surface area contributed by atoms with E-state index < -0.39 is 5.97 Å². The van der Waals surface area contributed by atoms with Crippen LogP contribution in [0.15, 0.2) is 23.7 Å². The van der Waals surface area contributed by atoms with Crippen molar-refractivity contribution in [2.45, 2.75) is 6.42 Å². The van der Waals surface area contributed by atoms with Gasteiger partial charge >= 0.3 is 5.97 Å². The predicted molar refractivity (Wildman–Crippen MR) is 67.5 cm³/mol. The van der Waals surface area contributed by atoms with E-state index in [4.69, 9.17) is 9.84 Å². The monoisotopic (exact) mass is 265 g/mol. The van der Waals surface area contributed by atoms with Crippen molar-refractivity contribution < 1.29 is 14.6 Å². The third kappa shape index (κ3) is 3.17. The zero-order valence-corrected chi connectivity index (χ0v) is 10.4. The Morgan fingerprint density at radius 1 is 1.56 bits per heavy atom. The molecule has 7 heteroatoms. The normalized spacial score (nSPS) is 10.1. The van der Waals surface area contributed by atoms with Crippen molar-refractivity contribution in [2.24, 2.45) is 0 Å². The zero-order valence-electron chi connectivity index (χ0n) is 9.58. The van der Waals surface area contributed by atoms with Gasteiger partial charge in [0, 0.05) is 11.4 Å². The predicted octanol–water partition coefficient (Wildman–Crippen LogP) is 1.92. The summed E-state index contributed by atoms with van der Waals surface area (Å²) in [5, 5.41) is 14.0. The van der Waals surface area contributed by atoms with E-state index in [-0.39, 0.29) is 6.42 Å². The number of nitrogens with zero attached hydrogens (tertiary/aromatic N) is 2. The first-order chi connectivity index (χ1) is 8.67. The molecule has 0 fully saturated rings. The molecule has 0 saturated heterocycles. The number of rotatable bonds is 5. The Hall–Kier alpha value is -2.15. The third-order valence-corrected chi connectivity index (χ3v) is 2.89. The number of carboxylic acids is 1. The van der Waals surface area contributed by atoms with Crippen LogP contribution in [0.1, 0.15) is 5.69 Å². The first-order valence-electron chi connectivity index (χ1n) is 5.10. The quantitative estimate of drug-likeness (QED) is 0.859. The second-order valence-electron chi connectivity index (χ2n) is 3.43. The Bertz CT molecular complexity index is 539. The molecule has 2 aromatic rings. The Labute approximate surface area is 107 Å². The highest BCUT2D eigenvalue weighted by Gasteiger charge is 2.06. The zero-order chi connectivity index (χ0) is 13.0. The van der Waals surface area contributed by atoms with E-state index in [0.29, 0.717) is 16.7 Å². The maximum Gasteiger partial charge on any atom is 0.309 e. The molecule has 94 valence electrons. The third-order valence-electron chi connectivity index (χ3n) is 2.08. The van der Waals surface area contributed by atoms with Crippen LogP contribution in [0.2, 0.25) is 0 Å². The summed E-state index contributed by atoms with van der Waals surface area (Å²) in [7, 11) is 1.55. The summed E-state index contributed by atoms with van der Waals surface area (Å²) in [6, 6.07) is 3.54. The standard InChI is InChI=1S/C11H11N3O3S/c1-17-9-3-2-7(5-12-9)13-11-14-8(6-18-11)4-10(15)16/h2-3,5-6H,4H2,1H3,(H,13,14)(H,15,16). The van der Waals surface area contributed by atoms with Crippen molar-refractivity contribution in [1.29, 1.82) is 0 Å². The molecule has 0 amide bonds. The van der Waals surface area contributed by atoms with Crippen molar-refractivity contribution in [2.75, 3.05) is 12.4 Å². The Morgan fingerprint density at radius 3 is 3.00 bits per heavy atom. The number of aromatic nitrogens is 2. The Morgan fingerprint density at radius 2 is 2.39 bits per heavy atom. The molecule has 0 aliphatic rings. The molecule has 0 saturated carbocycles. The molecule has 0 atom stereocenters. The number of methoxy groups -OCH3 is 1. The van der Waals surface area contributed by atoms with E-state index in [2.05, 4.69) is 15.3 Å². The van der Waals surface area contributed by atoms with Gasteiger partial charge in [0.1, 0.15) is 0 Å². The number of anilines is 2. The topological polar surface area (TPSA) is 84.3 Å². The van der Waals surface area contributed by atoms with Crippen molar-refractivity contribution in [3.05, 3.63) is 29.4 Å². The van der Waals surface area contributed by atoms with Crippen LogP contribution in [0.3, 0.4) is 0 Å². The summed E-state index contributed by atoms with van der Waals surface area (Å²) in [4.78, 5) is 18.7. The van der Waals surface area contributed by atoms with Gasteiger partial charge in [0.05, 0.1) is 31.1 Å². The van der Waals surface area contributed by atoms with Gasteiger partial charge < -0.3 is 15.2 Å². The highest BCUT2D eigenvalue weighted by Crippen LogP contribution is 2.21. The van der Waals surface area contributed by atoms with Gasteiger partial charge in [-0.2, -0.15) is 0 Å². The first kappa shape index (κ1) is 12.3. The van der Waals surface area contributed by atoms with Gasteiger partial charge in [-0.15, -0.1) is 11.3 Å². The Kier molecular flexibility index (Phi) is 3.73. The number of pyridine rings is 1.